The number of fused-ring (bicyclic) bond motifs is 1. The minimum Gasteiger partial charge on any atom is -0.482 e. The number of ether oxygens (including phenoxy) is 1. The van der Waals surface area contributed by atoms with E-state index in [0.29, 0.717) is 36.4 Å². The molecule has 1 fully saturated rings. The zero-order chi connectivity index (χ0) is 23.0. The van der Waals surface area contributed by atoms with Gasteiger partial charge in [-0.15, -0.1) is 0 Å². The van der Waals surface area contributed by atoms with Crippen molar-refractivity contribution in [3.8, 4) is 5.75 Å². The Bertz CT molecular complexity index is 1190. The van der Waals surface area contributed by atoms with Gasteiger partial charge < -0.3 is 15.4 Å². The quantitative estimate of drug-likeness (QED) is 0.734. The standard InChI is InChI=1S/C23H27N3O5S/c1-14-6-4-8-18(16(14)3)25-23(28)17-7-5-9-26(12-17)32(29,30)21-11-20-19(10-15(21)2)24-22(27)13-31-20/h4,6,8,10-11,17H,5,7,9,12-13H2,1-3H3,(H,24,27)(H,25,28)/t17-/m1/s1. The molecule has 0 unspecified atom stereocenters. The second-order valence-corrected chi connectivity index (χ2v) is 10.3. The second kappa shape index (κ2) is 8.55. The summed E-state index contributed by atoms with van der Waals surface area (Å²) in [4.78, 5) is 24.6. The summed E-state index contributed by atoms with van der Waals surface area (Å²) in [6.07, 6.45) is 1.22. The van der Waals surface area contributed by atoms with Crippen molar-refractivity contribution >= 4 is 33.2 Å². The van der Waals surface area contributed by atoms with Gasteiger partial charge in [0.05, 0.1) is 16.5 Å². The van der Waals surface area contributed by atoms with Crippen molar-refractivity contribution in [3.05, 3.63) is 47.0 Å². The van der Waals surface area contributed by atoms with Gasteiger partial charge in [-0.2, -0.15) is 4.31 Å². The van der Waals surface area contributed by atoms with Crippen LogP contribution in [0.25, 0.3) is 0 Å². The van der Waals surface area contributed by atoms with Gasteiger partial charge in [-0.05, 0) is 62.4 Å². The molecule has 0 saturated carbocycles. The molecule has 0 aliphatic carbocycles. The molecule has 1 atom stereocenters. The van der Waals surface area contributed by atoms with Gasteiger partial charge in [-0.1, -0.05) is 12.1 Å². The van der Waals surface area contributed by atoms with Crippen LogP contribution in [0.2, 0.25) is 0 Å². The number of anilines is 2. The SMILES string of the molecule is Cc1cc2c(cc1S(=O)(=O)N1CCC[C@@H](C(=O)Nc3cccc(C)c3C)C1)OCC(=O)N2. The van der Waals surface area contributed by atoms with Crippen molar-refractivity contribution in [1.29, 1.82) is 0 Å². The molecule has 0 bridgehead atoms. The Balaban J connectivity index is 1.54. The predicted octanol–water partition coefficient (Wildman–Crippen LogP) is 2.98. The molecule has 2 aliphatic heterocycles. The topological polar surface area (TPSA) is 105 Å². The average Bonchev–Trinajstić information content (AvgIpc) is 2.76. The number of sulfonamides is 1. The van der Waals surface area contributed by atoms with E-state index in [1.165, 1.54) is 10.4 Å². The maximum absolute atomic E-state index is 13.4. The van der Waals surface area contributed by atoms with Crippen molar-refractivity contribution in [2.75, 3.05) is 30.3 Å². The van der Waals surface area contributed by atoms with Gasteiger partial charge in [-0.3, -0.25) is 9.59 Å². The lowest BCUT2D eigenvalue weighted by Crippen LogP contribution is -2.44. The lowest BCUT2D eigenvalue weighted by atomic mass is 9.98. The highest BCUT2D eigenvalue weighted by Gasteiger charge is 2.35. The molecule has 2 aliphatic rings. The van der Waals surface area contributed by atoms with Crippen LogP contribution in [0.5, 0.6) is 5.75 Å². The molecule has 4 rings (SSSR count). The van der Waals surface area contributed by atoms with Crippen LogP contribution in [0.4, 0.5) is 11.4 Å². The third-order valence-corrected chi connectivity index (χ3v) is 8.15. The van der Waals surface area contributed by atoms with Crippen LogP contribution in [-0.2, 0) is 19.6 Å². The highest BCUT2D eigenvalue weighted by atomic mass is 32.2. The first kappa shape index (κ1) is 22.3. The molecule has 2 heterocycles. The first-order chi connectivity index (χ1) is 15.2. The van der Waals surface area contributed by atoms with E-state index in [2.05, 4.69) is 10.6 Å². The molecule has 2 aromatic rings. The fourth-order valence-corrected chi connectivity index (χ4v) is 5.87. The molecule has 2 aromatic carbocycles. The average molecular weight is 458 g/mol. The van der Waals surface area contributed by atoms with Crippen molar-refractivity contribution in [2.24, 2.45) is 5.92 Å². The summed E-state index contributed by atoms with van der Waals surface area (Å²) in [5.41, 5.74) is 3.80. The number of carbonyl (C=O) groups is 2. The van der Waals surface area contributed by atoms with Crippen molar-refractivity contribution in [1.82, 2.24) is 4.31 Å². The van der Waals surface area contributed by atoms with Crippen LogP contribution < -0.4 is 15.4 Å². The number of benzene rings is 2. The predicted molar refractivity (Wildman–Crippen MR) is 121 cm³/mol. The van der Waals surface area contributed by atoms with Gasteiger partial charge in [0.1, 0.15) is 5.75 Å². The Labute approximate surface area is 188 Å². The Kier molecular flexibility index (Phi) is 5.96. The number of nitrogens with one attached hydrogen (secondary N) is 2. The van der Waals surface area contributed by atoms with E-state index in [4.69, 9.17) is 4.74 Å². The van der Waals surface area contributed by atoms with E-state index in [9.17, 15) is 18.0 Å². The number of carbonyl (C=O) groups excluding carboxylic acids is 2. The zero-order valence-corrected chi connectivity index (χ0v) is 19.2. The number of aryl methyl sites for hydroxylation is 2. The maximum Gasteiger partial charge on any atom is 0.262 e. The summed E-state index contributed by atoms with van der Waals surface area (Å²) in [5, 5.41) is 5.66. The number of piperidine rings is 1. The van der Waals surface area contributed by atoms with Crippen molar-refractivity contribution in [3.63, 3.8) is 0 Å². The van der Waals surface area contributed by atoms with Gasteiger partial charge in [0.15, 0.2) is 6.61 Å². The fraction of sp³-hybridized carbons (Fsp3) is 0.391. The molecule has 1 saturated heterocycles. The van der Waals surface area contributed by atoms with Crippen LogP contribution in [0.1, 0.15) is 29.5 Å². The monoisotopic (exact) mass is 457 g/mol. The summed E-state index contributed by atoms with van der Waals surface area (Å²) >= 11 is 0. The van der Waals surface area contributed by atoms with Crippen LogP contribution in [0.3, 0.4) is 0 Å². The minimum atomic E-state index is -3.83. The minimum absolute atomic E-state index is 0.118. The van der Waals surface area contributed by atoms with E-state index in [-0.39, 0.29) is 29.9 Å². The number of hydrogen-bond acceptors (Lipinski definition) is 5. The molecule has 8 nitrogen and oxygen atoms in total. The number of amides is 2. The van der Waals surface area contributed by atoms with Gasteiger partial charge in [-0.25, -0.2) is 8.42 Å². The van der Waals surface area contributed by atoms with Crippen molar-refractivity contribution < 1.29 is 22.7 Å². The number of nitrogens with zero attached hydrogens (tertiary/aromatic N) is 1. The van der Waals surface area contributed by atoms with Crippen LogP contribution in [0.15, 0.2) is 35.2 Å². The number of hydrogen-bond donors (Lipinski definition) is 2. The lowest BCUT2D eigenvalue weighted by Gasteiger charge is -2.32. The zero-order valence-electron chi connectivity index (χ0n) is 18.4. The van der Waals surface area contributed by atoms with Crippen LogP contribution >= 0.6 is 0 Å². The van der Waals surface area contributed by atoms with Crippen LogP contribution in [-0.4, -0.2) is 44.2 Å². The number of rotatable bonds is 4. The highest BCUT2D eigenvalue weighted by molar-refractivity contribution is 7.89. The summed E-state index contributed by atoms with van der Waals surface area (Å²) in [6.45, 7) is 5.93. The fourth-order valence-electron chi connectivity index (χ4n) is 4.13. The van der Waals surface area contributed by atoms with Gasteiger partial charge in [0.25, 0.3) is 5.91 Å². The van der Waals surface area contributed by atoms with Gasteiger partial charge in [0.2, 0.25) is 15.9 Å². The summed E-state index contributed by atoms with van der Waals surface area (Å²) in [5.74, 6) is -0.560. The smallest absolute Gasteiger partial charge is 0.262 e. The van der Waals surface area contributed by atoms with E-state index < -0.39 is 15.9 Å². The first-order valence-electron chi connectivity index (χ1n) is 10.6. The third kappa shape index (κ3) is 4.22. The molecule has 170 valence electrons. The first-order valence-corrected chi connectivity index (χ1v) is 12.1. The molecule has 0 spiro atoms. The lowest BCUT2D eigenvalue weighted by molar-refractivity contribution is -0.121. The Morgan fingerprint density at radius 2 is 1.97 bits per heavy atom. The summed E-state index contributed by atoms with van der Waals surface area (Å²) < 4.78 is 33.6. The Morgan fingerprint density at radius 1 is 1.19 bits per heavy atom. The largest absolute Gasteiger partial charge is 0.482 e. The van der Waals surface area contributed by atoms with Gasteiger partial charge in [0, 0.05) is 24.8 Å². The maximum atomic E-state index is 13.4. The Morgan fingerprint density at radius 3 is 2.75 bits per heavy atom. The van der Waals surface area contributed by atoms with Gasteiger partial charge >= 0.3 is 0 Å². The van der Waals surface area contributed by atoms with E-state index in [0.717, 1.165) is 16.8 Å². The van der Waals surface area contributed by atoms with Crippen LogP contribution in [0, 0.1) is 26.7 Å². The molecule has 9 heteroatoms. The molecule has 2 amide bonds. The molecule has 2 N–H and O–H groups in total. The summed E-state index contributed by atoms with van der Waals surface area (Å²) in [7, 11) is -3.83. The molecule has 0 aromatic heterocycles. The van der Waals surface area contributed by atoms with E-state index >= 15 is 0 Å². The van der Waals surface area contributed by atoms with Crippen molar-refractivity contribution in [2.45, 2.75) is 38.5 Å². The molecule has 32 heavy (non-hydrogen) atoms. The molecule has 0 radical (unpaired) electrons. The normalized spacial score (nSPS) is 19.0. The Hall–Kier alpha value is -2.91. The summed E-state index contributed by atoms with van der Waals surface area (Å²) in [6, 6.07) is 8.79. The van der Waals surface area contributed by atoms with E-state index in [1.807, 2.05) is 32.0 Å². The molecular weight excluding hydrogens is 430 g/mol. The van der Waals surface area contributed by atoms with E-state index in [1.54, 1.807) is 13.0 Å². The highest BCUT2D eigenvalue weighted by Crippen LogP contribution is 2.35. The third-order valence-electron chi connectivity index (χ3n) is 6.15. The molecular formula is C23H27N3O5S. The second-order valence-electron chi connectivity index (χ2n) is 8.39.